The van der Waals surface area contributed by atoms with E-state index in [0.29, 0.717) is 18.1 Å². The van der Waals surface area contributed by atoms with Gasteiger partial charge in [-0.1, -0.05) is 13.8 Å². The number of nitrogens with one attached hydrogen (secondary N) is 1. The molecule has 0 amide bonds. The van der Waals surface area contributed by atoms with E-state index in [-0.39, 0.29) is 0 Å². The summed E-state index contributed by atoms with van der Waals surface area (Å²) in [5.41, 5.74) is 0. The number of hydrogen-bond acceptors (Lipinski definition) is 2. The van der Waals surface area contributed by atoms with Crippen molar-refractivity contribution >= 4 is 0 Å². The van der Waals surface area contributed by atoms with Gasteiger partial charge in [-0.15, -0.1) is 0 Å². The van der Waals surface area contributed by atoms with Crippen molar-refractivity contribution < 1.29 is 4.74 Å². The standard InChI is InChI=1S/C16H29NO/c1-11(2)16-9-14(7-8-18-16)17-10-15(12-3-4-12)13-5-6-13/h11-17H,3-10H2,1-2H3. The fourth-order valence-corrected chi connectivity index (χ4v) is 3.55. The summed E-state index contributed by atoms with van der Waals surface area (Å²) in [7, 11) is 0. The van der Waals surface area contributed by atoms with Crippen LogP contribution in [0.1, 0.15) is 52.4 Å². The van der Waals surface area contributed by atoms with E-state index in [1.54, 1.807) is 0 Å². The molecule has 3 aliphatic rings. The Balaban J connectivity index is 1.44. The molecule has 1 saturated heterocycles. The summed E-state index contributed by atoms with van der Waals surface area (Å²) >= 11 is 0. The zero-order chi connectivity index (χ0) is 12.5. The molecule has 2 saturated carbocycles. The van der Waals surface area contributed by atoms with Crippen molar-refractivity contribution in [3.05, 3.63) is 0 Å². The topological polar surface area (TPSA) is 21.3 Å². The van der Waals surface area contributed by atoms with Crippen LogP contribution < -0.4 is 5.32 Å². The Morgan fingerprint density at radius 1 is 1.06 bits per heavy atom. The minimum Gasteiger partial charge on any atom is -0.378 e. The van der Waals surface area contributed by atoms with Crippen LogP contribution in [0.15, 0.2) is 0 Å². The van der Waals surface area contributed by atoms with Crippen LogP contribution in [0.25, 0.3) is 0 Å². The van der Waals surface area contributed by atoms with Gasteiger partial charge in [0.15, 0.2) is 0 Å². The van der Waals surface area contributed by atoms with Crippen molar-refractivity contribution in [1.29, 1.82) is 0 Å². The van der Waals surface area contributed by atoms with Crippen LogP contribution in [-0.4, -0.2) is 25.3 Å². The summed E-state index contributed by atoms with van der Waals surface area (Å²) in [6, 6.07) is 0.714. The van der Waals surface area contributed by atoms with Gasteiger partial charge in [-0.25, -0.2) is 0 Å². The van der Waals surface area contributed by atoms with Crippen LogP contribution in [0.4, 0.5) is 0 Å². The molecule has 2 atom stereocenters. The van der Waals surface area contributed by atoms with Gasteiger partial charge in [0.05, 0.1) is 6.10 Å². The van der Waals surface area contributed by atoms with Gasteiger partial charge in [-0.3, -0.25) is 0 Å². The maximum atomic E-state index is 5.86. The molecule has 0 aromatic heterocycles. The first-order valence-electron chi connectivity index (χ1n) is 8.09. The van der Waals surface area contributed by atoms with E-state index >= 15 is 0 Å². The predicted molar refractivity (Wildman–Crippen MR) is 74.5 cm³/mol. The molecular weight excluding hydrogens is 222 g/mol. The molecule has 2 nitrogen and oxygen atoms in total. The average molecular weight is 251 g/mol. The molecule has 2 aliphatic carbocycles. The monoisotopic (exact) mass is 251 g/mol. The highest BCUT2D eigenvalue weighted by Gasteiger charge is 2.41. The van der Waals surface area contributed by atoms with Crippen LogP contribution in [-0.2, 0) is 4.74 Å². The molecule has 1 aliphatic heterocycles. The highest BCUT2D eigenvalue weighted by atomic mass is 16.5. The third-order valence-corrected chi connectivity index (χ3v) is 5.16. The molecule has 0 aromatic rings. The Morgan fingerprint density at radius 2 is 1.72 bits per heavy atom. The quantitative estimate of drug-likeness (QED) is 0.782. The van der Waals surface area contributed by atoms with Crippen LogP contribution in [0.3, 0.4) is 0 Å². The molecule has 104 valence electrons. The third kappa shape index (κ3) is 3.27. The Kier molecular flexibility index (Phi) is 3.95. The maximum Gasteiger partial charge on any atom is 0.0612 e. The summed E-state index contributed by atoms with van der Waals surface area (Å²) in [4.78, 5) is 0. The van der Waals surface area contributed by atoms with Gasteiger partial charge in [-0.2, -0.15) is 0 Å². The maximum absolute atomic E-state index is 5.86. The van der Waals surface area contributed by atoms with Crippen molar-refractivity contribution in [3.63, 3.8) is 0 Å². The lowest BCUT2D eigenvalue weighted by Crippen LogP contribution is -2.43. The molecule has 2 unspecified atom stereocenters. The van der Waals surface area contributed by atoms with Gasteiger partial charge in [0.2, 0.25) is 0 Å². The van der Waals surface area contributed by atoms with Crippen molar-refractivity contribution in [2.24, 2.45) is 23.7 Å². The normalized spacial score (nSPS) is 33.3. The molecule has 0 bridgehead atoms. The summed E-state index contributed by atoms with van der Waals surface area (Å²) in [5, 5.41) is 3.87. The van der Waals surface area contributed by atoms with Gasteiger partial charge in [0.25, 0.3) is 0 Å². The highest BCUT2D eigenvalue weighted by Crippen LogP contribution is 2.48. The fraction of sp³-hybridized carbons (Fsp3) is 1.00. The Hall–Kier alpha value is -0.0800. The molecule has 0 spiro atoms. The second-order valence-corrected chi connectivity index (χ2v) is 7.12. The first kappa shape index (κ1) is 12.9. The van der Waals surface area contributed by atoms with Crippen molar-refractivity contribution in [2.45, 2.75) is 64.5 Å². The highest BCUT2D eigenvalue weighted by molar-refractivity contribution is 4.93. The molecule has 2 heteroatoms. The molecule has 1 heterocycles. The number of ether oxygens (including phenoxy) is 1. The Morgan fingerprint density at radius 3 is 2.28 bits per heavy atom. The lowest BCUT2D eigenvalue weighted by molar-refractivity contribution is -0.0249. The minimum absolute atomic E-state index is 0.483. The van der Waals surface area contributed by atoms with Crippen LogP contribution in [0, 0.1) is 23.7 Å². The van der Waals surface area contributed by atoms with E-state index in [9.17, 15) is 0 Å². The van der Waals surface area contributed by atoms with E-state index in [1.165, 1.54) is 45.1 Å². The van der Waals surface area contributed by atoms with Crippen molar-refractivity contribution in [1.82, 2.24) is 5.32 Å². The Bertz CT molecular complexity index is 258. The molecule has 3 fully saturated rings. The smallest absolute Gasteiger partial charge is 0.0612 e. The minimum atomic E-state index is 0.483. The van der Waals surface area contributed by atoms with Crippen molar-refractivity contribution in [2.75, 3.05) is 13.2 Å². The summed E-state index contributed by atoms with van der Waals surface area (Å²) in [5.74, 6) is 3.82. The van der Waals surface area contributed by atoms with Gasteiger partial charge >= 0.3 is 0 Å². The lowest BCUT2D eigenvalue weighted by atomic mass is 9.93. The largest absolute Gasteiger partial charge is 0.378 e. The van der Waals surface area contributed by atoms with E-state index in [4.69, 9.17) is 4.74 Å². The molecule has 18 heavy (non-hydrogen) atoms. The molecule has 0 aromatic carbocycles. The third-order valence-electron chi connectivity index (χ3n) is 5.16. The van der Waals surface area contributed by atoms with E-state index in [1.807, 2.05) is 0 Å². The fourth-order valence-electron chi connectivity index (χ4n) is 3.55. The number of hydrogen-bond donors (Lipinski definition) is 1. The summed E-state index contributed by atoms with van der Waals surface area (Å²) < 4.78 is 5.86. The molecule has 1 N–H and O–H groups in total. The molecule has 0 radical (unpaired) electrons. The Labute approximate surface area is 112 Å². The lowest BCUT2D eigenvalue weighted by Gasteiger charge is -2.33. The van der Waals surface area contributed by atoms with E-state index in [0.717, 1.165) is 24.4 Å². The van der Waals surface area contributed by atoms with Crippen LogP contribution >= 0.6 is 0 Å². The summed E-state index contributed by atoms with van der Waals surface area (Å²) in [6.45, 7) is 6.80. The van der Waals surface area contributed by atoms with Gasteiger partial charge in [0.1, 0.15) is 0 Å². The van der Waals surface area contributed by atoms with Crippen LogP contribution in [0.2, 0.25) is 0 Å². The second kappa shape index (κ2) is 5.50. The van der Waals surface area contributed by atoms with E-state index in [2.05, 4.69) is 19.2 Å². The zero-order valence-electron chi connectivity index (χ0n) is 12.0. The molecular formula is C16H29NO. The van der Waals surface area contributed by atoms with Gasteiger partial charge < -0.3 is 10.1 Å². The summed E-state index contributed by atoms with van der Waals surface area (Å²) in [6.07, 6.45) is 8.94. The first-order valence-corrected chi connectivity index (χ1v) is 8.09. The second-order valence-electron chi connectivity index (χ2n) is 7.12. The predicted octanol–water partition coefficient (Wildman–Crippen LogP) is 3.22. The number of rotatable bonds is 6. The average Bonchev–Trinajstić information content (AvgIpc) is 3.23. The zero-order valence-corrected chi connectivity index (χ0v) is 12.0. The van der Waals surface area contributed by atoms with Gasteiger partial charge in [0, 0.05) is 12.6 Å². The van der Waals surface area contributed by atoms with E-state index < -0.39 is 0 Å². The van der Waals surface area contributed by atoms with Crippen LogP contribution in [0.5, 0.6) is 0 Å². The first-order chi connectivity index (χ1) is 8.74. The van der Waals surface area contributed by atoms with Crippen molar-refractivity contribution in [3.8, 4) is 0 Å². The van der Waals surface area contributed by atoms with Gasteiger partial charge in [-0.05, 0) is 68.7 Å². The SMILES string of the molecule is CC(C)C1CC(NCC(C2CC2)C2CC2)CCO1. The molecule has 3 rings (SSSR count).